The summed E-state index contributed by atoms with van der Waals surface area (Å²) in [5.74, 6) is 0. The first-order chi connectivity index (χ1) is 64.5. The number of rotatable bonds is 13. The van der Waals surface area contributed by atoms with Crippen molar-refractivity contribution in [2.45, 2.75) is 0 Å². The van der Waals surface area contributed by atoms with E-state index in [0.29, 0.717) is 0 Å². The van der Waals surface area contributed by atoms with E-state index in [-0.39, 0.29) is 0 Å². The van der Waals surface area contributed by atoms with Gasteiger partial charge in [0.05, 0.1) is 77.6 Å². The molecule has 0 radical (unpaired) electrons. The van der Waals surface area contributed by atoms with Gasteiger partial charge in [-0.25, -0.2) is 0 Å². The first-order valence-corrected chi connectivity index (χ1v) is 49.7. The highest BCUT2D eigenvalue weighted by molar-refractivity contribution is 7.33. The van der Waals surface area contributed by atoms with Gasteiger partial charge in [-0.15, -0.1) is 22.7 Å². The van der Waals surface area contributed by atoms with Crippen molar-refractivity contribution >= 4 is 252 Å². The third kappa shape index (κ3) is 10.2. The molecule has 16 aromatic carbocycles. The maximum atomic E-state index is 8.19. The largest absolute Gasteiger partial charge is 0.454 e. The molecule has 0 fully saturated rings. The van der Waals surface area contributed by atoms with E-state index in [1.807, 2.05) is 59.5 Å². The average Bonchev–Trinajstić information content (AvgIpc) is 1.35. The summed E-state index contributed by atoms with van der Waals surface area (Å²) in [6, 6.07) is 148. The fraction of sp³-hybridized carbons (Fsp3) is 0. The van der Waals surface area contributed by atoms with Crippen molar-refractivity contribution in [2.24, 2.45) is 0 Å². The monoisotopic (exact) mass is 1730 g/mol. The van der Waals surface area contributed by atoms with Crippen LogP contribution in [0.3, 0.4) is 0 Å². The first kappa shape index (κ1) is 73.0. The maximum absolute atomic E-state index is 8.19. The number of para-hydroxylation sites is 7. The molecule has 0 aliphatic carbocycles. The number of hydrogen-bond donors (Lipinski definition) is 0. The Kier molecular flexibility index (Phi) is 15.8. The topological polar surface area (TPSA) is 97.6 Å². The van der Waals surface area contributed by atoms with Crippen molar-refractivity contribution in [2.75, 3.05) is 0 Å². The van der Waals surface area contributed by atoms with E-state index >= 15 is 0 Å². The zero-order valence-corrected chi connectivity index (χ0v) is 73.3. The first-order valence-electron chi connectivity index (χ1n) is 44.0. The normalized spacial score (nSPS) is 12.5. The smallest absolute Gasteiger partial charge is 0.188 e. The summed E-state index contributed by atoms with van der Waals surface area (Å²) in [5, 5.41) is 23.3. The number of benzene rings is 16. The molecule has 0 amide bonds. The number of furan rings is 2. The van der Waals surface area contributed by atoms with Gasteiger partial charge in [0, 0.05) is 125 Å². The molecule has 0 aliphatic rings. The summed E-state index contributed by atoms with van der Waals surface area (Å²) in [7, 11) is -6.93. The fourth-order valence-electron chi connectivity index (χ4n) is 22.3. The highest BCUT2D eigenvalue weighted by Gasteiger charge is 2.48. The highest BCUT2D eigenvalue weighted by Crippen LogP contribution is 2.48. The summed E-state index contributed by atoms with van der Waals surface area (Å²) in [6.07, 6.45) is 7.77. The van der Waals surface area contributed by atoms with E-state index in [2.05, 4.69) is 407 Å². The van der Waals surface area contributed by atoms with Crippen molar-refractivity contribution in [3.63, 3.8) is 0 Å². The number of nitrogens with zero attached hydrogens (tertiary/aromatic N) is 8. The van der Waals surface area contributed by atoms with Crippen LogP contribution in [-0.4, -0.2) is 54.4 Å². The van der Waals surface area contributed by atoms with Gasteiger partial charge in [-0.05, 0) is 162 Å². The van der Waals surface area contributed by atoms with Gasteiger partial charge >= 0.3 is 0 Å². The molecular formula is C116H70N8O2S2Si2. The molecule has 0 aliphatic heterocycles. The van der Waals surface area contributed by atoms with Gasteiger partial charge in [-0.3, -0.25) is 19.9 Å². The van der Waals surface area contributed by atoms with Crippen molar-refractivity contribution in [1.29, 1.82) is 0 Å². The van der Waals surface area contributed by atoms with Crippen LogP contribution in [0, 0.1) is 0 Å². The molecule has 28 rings (SSSR count). The van der Waals surface area contributed by atoms with Crippen LogP contribution in [-0.2, 0) is 0 Å². The number of aromatic nitrogens is 8. The van der Waals surface area contributed by atoms with Gasteiger partial charge in [-0.1, -0.05) is 285 Å². The lowest BCUT2D eigenvalue weighted by Crippen LogP contribution is -2.75. The molecule has 130 heavy (non-hydrogen) atoms. The van der Waals surface area contributed by atoms with Gasteiger partial charge in [0.1, 0.15) is 11.2 Å². The summed E-state index contributed by atoms with van der Waals surface area (Å²) in [5.41, 5.74) is 21.3. The van der Waals surface area contributed by atoms with E-state index in [1.165, 1.54) is 71.5 Å². The maximum Gasteiger partial charge on any atom is 0.188 e. The lowest BCUT2D eigenvalue weighted by atomic mass is 9.99. The van der Waals surface area contributed by atoms with Gasteiger partial charge in [-0.2, -0.15) is 0 Å². The molecule has 28 aromatic rings. The summed E-state index contributed by atoms with van der Waals surface area (Å²) in [6.45, 7) is 0. The van der Waals surface area contributed by atoms with Crippen LogP contribution in [0.25, 0.3) is 206 Å². The molecule has 0 bridgehead atoms. The van der Waals surface area contributed by atoms with Crippen LogP contribution in [0.2, 0.25) is 0 Å². The van der Waals surface area contributed by atoms with Crippen molar-refractivity contribution < 1.29 is 8.83 Å². The number of pyridine rings is 4. The SMILES string of the molecule is c1ccc([Si](c2ccccc2)(c2cccc3c2oc2c(-n4c5ccccc5c5ncccc54)cccc23)c2cccc3c2oc2c(-n4c5ccccc5c5ncccc54)ccc(-c4cnc5c6ccccc6n(-c6ccc7sc8c([Si](c9ccccc9)(c9ccccc9)c9cccc%10c9sc9ccc(-n%11c%12ccccc%12c%12ncccc%12%11)cc9%10)cccc8c7c6)c5c4)c23)cc1. The minimum Gasteiger partial charge on any atom is -0.454 e. The van der Waals surface area contributed by atoms with E-state index < -0.39 is 16.1 Å². The Hall–Kier alpha value is -16.2. The number of fused-ring (bicyclic) bond motifs is 24. The molecule has 0 spiro atoms. The van der Waals surface area contributed by atoms with Crippen molar-refractivity contribution in [1.82, 2.24) is 38.2 Å². The number of thiophene rings is 2. The minimum atomic E-state index is -3.66. The molecule has 0 saturated heterocycles. The minimum absolute atomic E-state index is 0.743. The molecule has 10 nitrogen and oxygen atoms in total. The van der Waals surface area contributed by atoms with E-state index in [4.69, 9.17) is 28.8 Å². The lowest BCUT2D eigenvalue weighted by molar-refractivity contribution is 0.668. The zero-order chi connectivity index (χ0) is 85.0. The van der Waals surface area contributed by atoms with Crippen molar-refractivity contribution in [3.8, 4) is 33.9 Å². The number of hydrogen-bond acceptors (Lipinski definition) is 8. The predicted octanol–water partition coefficient (Wildman–Crippen LogP) is 24.6. The molecule has 14 heteroatoms. The quantitative estimate of drug-likeness (QED) is 0.0843. The molecule has 0 N–H and O–H groups in total. The molecule has 0 unspecified atom stereocenters. The Bertz CT molecular complexity index is 9380. The van der Waals surface area contributed by atoms with Crippen LogP contribution < -0.4 is 41.5 Å². The molecular weight excluding hydrogens is 1660 g/mol. The predicted molar refractivity (Wildman–Crippen MR) is 548 cm³/mol. The third-order valence-electron chi connectivity index (χ3n) is 27.6. The van der Waals surface area contributed by atoms with Crippen LogP contribution >= 0.6 is 22.7 Å². The molecule has 0 saturated carbocycles. The molecule has 12 heterocycles. The van der Waals surface area contributed by atoms with Gasteiger partial charge in [0.2, 0.25) is 0 Å². The van der Waals surface area contributed by atoms with E-state index in [9.17, 15) is 0 Å². The summed E-state index contributed by atoms with van der Waals surface area (Å²) < 4.78 is 30.6. The molecule has 12 aromatic heterocycles. The highest BCUT2D eigenvalue weighted by atomic mass is 32.1. The molecule has 0 atom stereocenters. The zero-order valence-electron chi connectivity index (χ0n) is 69.6. The summed E-state index contributed by atoms with van der Waals surface area (Å²) >= 11 is 3.84. The van der Waals surface area contributed by atoms with Gasteiger partial charge < -0.3 is 27.1 Å². The Morgan fingerprint density at radius 2 is 0.585 bits per heavy atom. The lowest BCUT2D eigenvalue weighted by Gasteiger charge is -2.35. The summed E-state index contributed by atoms with van der Waals surface area (Å²) in [4.78, 5) is 20.7. The Morgan fingerprint density at radius 1 is 0.231 bits per heavy atom. The van der Waals surface area contributed by atoms with Gasteiger partial charge in [0.15, 0.2) is 27.3 Å². The van der Waals surface area contributed by atoms with E-state index in [0.717, 1.165) is 176 Å². The van der Waals surface area contributed by atoms with Gasteiger partial charge in [0.25, 0.3) is 0 Å². The average molecular weight is 1730 g/mol. The Morgan fingerprint density at radius 3 is 1.07 bits per heavy atom. The standard InChI is InChI=1S/C116H70N8O2S2Si2/c1-5-29-74(30-6-1)129(75-31-7-2-8-32-75,102-54-22-42-80-79-41-21-50-97(111(79)125-112(80)102)123-92-48-19-15-39-85(92)108-95(123)52-27-65-118-108)103-55-25-45-87-106-78(60-61-98(114(106)126-113(87)103)124-93-49-20-16-40-86(93)109-96(124)53-28-66-119-109)71-67-99-110(120-70-71)84-38-14-18-47-91(84)122(99)73-59-63-101-89(69-73)82-44-24-57-105(116(82)128-101)130(76-33-9-3-10-34-76,77-35-11-4-12-36-77)104-56-23-43-81-88-68-72(58-62-100(88)127-115(81)104)121-90-46-17-13-37-83(90)107-94(121)51-26-64-117-107/h1-70H. The van der Waals surface area contributed by atoms with E-state index in [1.54, 1.807) is 0 Å². The Labute approximate surface area is 752 Å². The Balaban J connectivity index is 0.656. The van der Waals surface area contributed by atoms with Crippen molar-refractivity contribution in [3.05, 3.63) is 425 Å². The molecule has 606 valence electrons. The fourth-order valence-corrected chi connectivity index (χ4v) is 35.7. The van der Waals surface area contributed by atoms with Crippen LogP contribution in [0.1, 0.15) is 0 Å². The van der Waals surface area contributed by atoms with Crippen LogP contribution in [0.5, 0.6) is 0 Å². The second-order valence-electron chi connectivity index (χ2n) is 34.1. The third-order valence-corrected chi connectivity index (χ3v) is 40.1. The second kappa shape index (κ2) is 28.1. The van der Waals surface area contributed by atoms with Crippen LogP contribution in [0.4, 0.5) is 0 Å². The van der Waals surface area contributed by atoms with Crippen LogP contribution in [0.15, 0.2) is 434 Å². The second-order valence-corrected chi connectivity index (χ2v) is 43.6.